The number of carbonyl (C=O) groups excluding carboxylic acids is 2. The first-order valence-corrected chi connectivity index (χ1v) is 7.81. The molecule has 0 unspecified atom stereocenters. The maximum atomic E-state index is 11.9. The molecule has 6 heteroatoms. The number of hydrogen-bond donors (Lipinski definition) is 2. The van der Waals surface area contributed by atoms with Gasteiger partial charge in [0.2, 0.25) is 5.91 Å². The summed E-state index contributed by atoms with van der Waals surface area (Å²) in [6.45, 7) is 8.87. The Balaban J connectivity index is 3.85. The van der Waals surface area contributed by atoms with E-state index in [1.807, 2.05) is 28.2 Å². The van der Waals surface area contributed by atoms with Gasteiger partial charge in [0.25, 0.3) is 5.91 Å². The SMILES string of the molecule is C=C(C)C(=O)NCCC[N+](C)(C)CC(=O)NCCCN(C)C. The number of nitrogens with zero attached hydrogens (tertiary/aromatic N) is 2. The van der Waals surface area contributed by atoms with E-state index in [-0.39, 0.29) is 11.8 Å². The Morgan fingerprint density at radius 1 is 1.09 bits per heavy atom. The van der Waals surface area contributed by atoms with Crippen molar-refractivity contribution in [2.45, 2.75) is 19.8 Å². The third-order valence-electron chi connectivity index (χ3n) is 3.29. The average Bonchev–Trinajstić information content (AvgIpc) is 2.38. The smallest absolute Gasteiger partial charge is 0.275 e. The van der Waals surface area contributed by atoms with E-state index in [0.29, 0.717) is 29.7 Å². The van der Waals surface area contributed by atoms with Gasteiger partial charge in [-0.15, -0.1) is 0 Å². The van der Waals surface area contributed by atoms with Crippen LogP contribution in [-0.2, 0) is 9.59 Å². The molecule has 6 nitrogen and oxygen atoms in total. The quantitative estimate of drug-likeness (QED) is 0.326. The van der Waals surface area contributed by atoms with Crippen LogP contribution in [0.4, 0.5) is 0 Å². The maximum Gasteiger partial charge on any atom is 0.275 e. The van der Waals surface area contributed by atoms with Crippen molar-refractivity contribution in [3.05, 3.63) is 12.2 Å². The van der Waals surface area contributed by atoms with Gasteiger partial charge in [-0.3, -0.25) is 9.59 Å². The fourth-order valence-corrected chi connectivity index (χ4v) is 2.01. The zero-order valence-corrected chi connectivity index (χ0v) is 14.9. The first-order valence-electron chi connectivity index (χ1n) is 7.81. The van der Waals surface area contributed by atoms with Crippen molar-refractivity contribution in [1.29, 1.82) is 0 Å². The monoisotopic (exact) mass is 313 g/mol. The summed E-state index contributed by atoms with van der Waals surface area (Å²) in [6.07, 6.45) is 1.79. The molecule has 22 heavy (non-hydrogen) atoms. The molecule has 0 aliphatic carbocycles. The molecular weight excluding hydrogens is 280 g/mol. The molecular formula is C16H33N4O2+. The first kappa shape index (κ1) is 20.6. The van der Waals surface area contributed by atoms with Gasteiger partial charge >= 0.3 is 0 Å². The summed E-state index contributed by atoms with van der Waals surface area (Å²) in [5.74, 6) is -0.0290. The normalized spacial score (nSPS) is 11.4. The minimum atomic E-state index is -0.107. The summed E-state index contributed by atoms with van der Waals surface area (Å²) >= 11 is 0. The van der Waals surface area contributed by atoms with E-state index in [2.05, 4.69) is 22.1 Å². The van der Waals surface area contributed by atoms with E-state index in [1.165, 1.54) is 0 Å². The zero-order chi connectivity index (χ0) is 17.2. The van der Waals surface area contributed by atoms with Gasteiger partial charge in [-0.25, -0.2) is 0 Å². The van der Waals surface area contributed by atoms with Crippen LogP contribution in [0, 0.1) is 0 Å². The van der Waals surface area contributed by atoms with Gasteiger partial charge in [0.1, 0.15) is 0 Å². The lowest BCUT2D eigenvalue weighted by atomic mass is 10.3. The number of hydrogen-bond acceptors (Lipinski definition) is 3. The molecule has 0 aliphatic rings. The van der Waals surface area contributed by atoms with Gasteiger partial charge in [-0.1, -0.05) is 6.58 Å². The highest BCUT2D eigenvalue weighted by Gasteiger charge is 2.19. The molecule has 0 aromatic heterocycles. The van der Waals surface area contributed by atoms with Gasteiger partial charge in [0, 0.05) is 25.1 Å². The van der Waals surface area contributed by atoms with Crippen LogP contribution in [0.3, 0.4) is 0 Å². The van der Waals surface area contributed by atoms with Crippen molar-refractivity contribution < 1.29 is 14.1 Å². The largest absolute Gasteiger partial charge is 0.352 e. The van der Waals surface area contributed by atoms with E-state index in [0.717, 1.165) is 25.9 Å². The Labute approximate surface area is 135 Å². The number of amides is 2. The Kier molecular flexibility index (Phi) is 9.69. The molecule has 0 aliphatic heterocycles. The van der Waals surface area contributed by atoms with Crippen molar-refractivity contribution in [3.8, 4) is 0 Å². The summed E-state index contributed by atoms with van der Waals surface area (Å²) in [5, 5.41) is 5.76. The number of quaternary nitrogens is 1. The molecule has 0 bridgehead atoms. The van der Waals surface area contributed by atoms with E-state index >= 15 is 0 Å². The number of carbonyl (C=O) groups is 2. The predicted molar refractivity (Wildman–Crippen MR) is 90.5 cm³/mol. The molecule has 128 valence electrons. The summed E-state index contributed by atoms with van der Waals surface area (Å²) in [5.41, 5.74) is 0.519. The van der Waals surface area contributed by atoms with Gasteiger partial charge in [-0.2, -0.15) is 0 Å². The van der Waals surface area contributed by atoms with E-state index in [4.69, 9.17) is 0 Å². The molecule has 0 aromatic rings. The third kappa shape index (κ3) is 11.3. The second-order valence-corrected chi connectivity index (χ2v) is 6.71. The van der Waals surface area contributed by atoms with Crippen LogP contribution < -0.4 is 10.6 Å². The summed E-state index contributed by atoms with van der Waals surface area (Å²) in [7, 11) is 8.10. The lowest BCUT2D eigenvalue weighted by molar-refractivity contribution is -0.882. The van der Waals surface area contributed by atoms with Crippen LogP contribution in [0.25, 0.3) is 0 Å². The Bertz CT molecular complexity index is 378. The van der Waals surface area contributed by atoms with E-state index in [1.54, 1.807) is 6.92 Å². The standard InChI is InChI=1S/C16H32N4O2/c1-14(2)16(22)18-10-8-12-20(5,6)13-15(21)17-9-7-11-19(3)4/h1,7-13H2,2-6H3,(H-,17,18,21,22)/p+1. The fourth-order valence-electron chi connectivity index (χ4n) is 2.01. The Hall–Kier alpha value is -1.40. The highest BCUT2D eigenvalue weighted by molar-refractivity contribution is 5.91. The van der Waals surface area contributed by atoms with Crippen LogP contribution in [0.5, 0.6) is 0 Å². The zero-order valence-electron chi connectivity index (χ0n) is 14.9. The molecule has 0 atom stereocenters. The minimum Gasteiger partial charge on any atom is -0.352 e. The number of likely N-dealkylation sites (N-methyl/N-ethyl adjacent to an activating group) is 1. The van der Waals surface area contributed by atoms with Crippen molar-refractivity contribution in [2.75, 3.05) is 60.9 Å². The summed E-state index contributed by atoms with van der Waals surface area (Å²) < 4.78 is 0.614. The predicted octanol–water partition coefficient (Wildman–Crippen LogP) is 0.213. The lowest BCUT2D eigenvalue weighted by Crippen LogP contribution is -2.48. The second-order valence-electron chi connectivity index (χ2n) is 6.71. The number of rotatable bonds is 11. The molecule has 2 amide bonds. The molecule has 2 N–H and O–H groups in total. The Morgan fingerprint density at radius 3 is 2.23 bits per heavy atom. The van der Waals surface area contributed by atoms with E-state index in [9.17, 15) is 9.59 Å². The summed E-state index contributed by atoms with van der Waals surface area (Å²) in [4.78, 5) is 25.4. The van der Waals surface area contributed by atoms with Crippen LogP contribution in [-0.4, -0.2) is 82.1 Å². The van der Waals surface area contributed by atoms with Crippen molar-refractivity contribution in [2.24, 2.45) is 0 Å². The highest BCUT2D eigenvalue weighted by atomic mass is 16.2. The highest BCUT2D eigenvalue weighted by Crippen LogP contribution is 1.99. The molecule has 0 rings (SSSR count). The minimum absolute atomic E-state index is 0.0785. The van der Waals surface area contributed by atoms with Gasteiger partial charge in [0.05, 0.1) is 20.6 Å². The topological polar surface area (TPSA) is 61.4 Å². The second kappa shape index (κ2) is 10.3. The van der Waals surface area contributed by atoms with Crippen molar-refractivity contribution >= 4 is 11.8 Å². The van der Waals surface area contributed by atoms with Gasteiger partial charge in [0.15, 0.2) is 6.54 Å². The van der Waals surface area contributed by atoms with Crippen LogP contribution in [0.1, 0.15) is 19.8 Å². The number of nitrogens with one attached hydrogen (secondary N) is 2. The lowest BCUT2D eigenvalue weighted by Gasteiger charge is -2.29. The third-order valence-corrected chi connectivity index (χ3v) is 3.29. The maximum absolute atomic E-state index is 11.9. The molecule has 0 heterocycles. The molecule has 0 saturated carbocycles. The van der Waals surface area contributed by atoms with Crippen molar-refractivity contribution in [1.82, 2.24) is 15.5 Å². The summed E-state index contributed by atoms with van der Waals surface area (Å²) in [6, 6.07) is 0. The van der Waals surface area contributed by atoms with Crippen LogP contribution in [0.15, 0.2) is 12.2 Å². The van der Waals surface area contributed by atoms with Crippen LogP contribution >= 0.6 is 0 Å². The molecule has 0 fully saturated rings. The first-order chi connectivity index (χ1) is 10.1. The average molecular weight is 313 g/mol. The molecule has 0 radical (unpaired) electrons. The fraction of sp³-hybridized carbons (Fsp3) is 0.750. The Morgan fingerprint density at radius 2 is 1.68 bits per heavy atom. The van der Waals surface area contributed by atoms with E-state index < -0.39 is 0 Å². The van der Waals surface area contributed by atoms with Gasteiger partial charge < -0.3 is 20.0 Å². The molecule has 0 spiro atoms. The molecule has 0 aromatic carbocycles. The van der Waals surface area contributed by atoms with Crippen molar-refractivity contribution in [3.63, 3.8) is 0 Å². The van der Waals surface area contributed by atoms with Crippen LogP contribution in [0.2, 0.25) is 0 Å². The molecule has 0 saturated heterocycles. The van der Waals surface area contributed by atoms with Gasteiger partial charge in [-0.05, 0) is 34.0 Å².